The Morgan fingerprint density at radius 2 is 1.59 bits per heavy atom. The molecule has 4 rings (SSSR count). The summed E-state index contributed by atoms with van der Waals surface area (Å²) >= 11 is 6.24. The molecule has 0 aliphatic carbocycles. The van der Waals surface area contributed by atoms with Crippen molar-refractivity contribution in [3.63, 3.8) is 0 Å². The number of sulfonamides is 1. The Labute approximate surface area is 175 Å². The van der Waals surface area contributed by atoms with Gasteiger partial charge in [-0.3, -0.25) is 0 Å². The van der Waals surface area contributed by atoms with E-state index < -0.39 is 10.0 Å². The van der Waals surface area contributed by atoms with Gasteiger partial charge in [-0.15, -0.1) is 0 Å². The first-order valence-electron chi connectivity index (χ1n) is 9.01. The third kappa shape index (κ3) is 5.03. The van der Waals surface area contributed by atoms with Crippen molar-refractivity contribution >= 4 is 32.7 Å². The highest BCUT2D eigenvalue weighted by Crippen LogP contribution is 2.23. The topological polar surface area (TPSA) is 78.0 Å². The Morgan fingerprint density at radius 3 is 2.21 bits per heavy atom. The quantitative estimate of drug-likeness (QED) is 0.515. The Morgan fingerprint density at radius 1 is 0.931 bits per heavy atom. The molecule has 0 bridgehead atoms. The normalized spacial score (nSPS) is 11.2. The third-order valence-electron chi connectivity index (χ3n) is 4.53. The van der Waals surface area contributed by atoms with Gasteiger partial charge in [-0.25, -0.2) is 18.5 Å². The summed E-state index contributed by atoms with van der Waals surface area (Å²) in [6, 6.07) is 22.1. The van der Waals surface area contributed by atoms with Gasteiger partial charge in [-0.05, 0) is 49.2 Å². The lowest BCUT2D eigenvalue weighted by molar-refractivity contribution is 0.598. The molecule has 0 amide bonds. The van der Waals surface area contributed by atoms with Gasteiger partial charge in [0, 0.05) is 5.02 Å². The Balaban J connectivity index is 0.000000204. The summed E-state index contributed by atoms with van der Waals surface area (Å²) in [6.45, 7) is 4.89. The summed E-state index contributed by atoms with van der Waals surface area (Å²) in [5, 5.41) is 5.63. The molecule has 29 heavy (non-hydrogen) atoms. The molecule has 0 aliphatic heterocycles. The van der Waals surface area contributed by atoms with Crippen LogP contribution in [0.15, 0.2) is 77.7 Å². The minimum absolute atomic E-state index is 0.148. The molecule has 2 N–H and O–H groups in total. The van der Waals surface area contributed by atoms with Crippen molar-refractivity contribution in [3.8, 4) is 0 Å². The first-order chi connectivity index (χ1) is 13.8. The van der Waals surface area contributed by atoms with E-state index in [1.54, 1.807) is 18.2 Å². The van der Waals surface area contributed by atoms with Gasteiger partial charge >= 0.3 is 0 Å². The molecule has 0 saturated carbocycles. The van der Waals surface area contributed by atoms with Gasteiger partial charge in [0.15, 0.2) is 0 Å². The summed E-state index contributed by atoms with van der Waals surface area (Å²) in [6.07, 6.45) is 0. The van der Waals surface area contributed by atoms with Crippen LogP contribution in [0, 0.1) is 13.8 Å². The minimum atomic E-state index is -3.50. The monoisotopic (exact) mass is 427 g/mol. The van der Waals surface area contributed by atoms with Gasteiger partial charge in [-0.2, -0.15) is 0 Å². The van der Waals surface area contributed by atoms with E-state index in [2.05, 4.69) is 40.7 Å². The van der Waals surface area contributed by atoms with E-state index in [-0.39, 0.29) is 4.90 Å². The fourth-order valence-corrected chi connectivity index (χ4v) is 3.74. The van der Waals surface area contributed by atoms with Gasteiger partial charge in [0.1, 0.15) is 5.82 Å². The van der Waals surface area contributed by atoms with E-state index in [1.165, 1.54) is 17.7 Å². The average Bonchev–Trinajstić information content (AvgIpc) is 3.01. The molecule has 4 aromatic rings. The highest BCUT2D eigenvalue weighted by atomic mass is 35.5. The number of hydrogen-bond acceptors (Lipinski definition) is 3. The van der Waals surface area contributed by atoms with E-state index in [9.17, 15) is 8.42 Å². The standard InChI is InChI=1S/C16H15ClN2.C6H7NO2S/c1-11-6-5-9-15-16(11)18-12(2)19(15)10-13-7-3-4-8-14(13)17;7-10(8,9)6-4-2-1-3-5-6/h3-9H,10H2,1-2H3;1-5H,(H2,7,8,9). The van der Waals surface area contributed by atoms with Crippen LogP contribution in [-0.4, -0.2) is 18.0 Å². The number of aryl methyl sites for hydroxylation is 2. The summed E-state index contributed by atoms with van der Waals surface area (Å²) in [5.74, 6) is 1.02. The number of para-hydroxylation sites is 1. The van der Waals surface area contributed by atoms with Crippen LogP contribution in [0.1, 0.15) is 17.0 Å². The maximum atomic E-state index is 10.6. The fourth-order valence-electron chi connectivity index (χ4n) is 3.01. The molecule has 0 fully saturated rings. The highest BCUT2D eigenvalue weighted by molar-refractivity contribution is 7.89. The van der Waals surface area contributed by atoms with Crippen molar-refractivity contribution in [1.82, 2.24) is 9.55 Å². The minimum Gasteiger partial charge on any atom is -0.324 e. The predicted octanol–water partition coefficient (Wildman–Crippen LogP) is 4.69. The number of aromatic nitrogens is 2. The molecule has 150 valence electrons. The smallest absolute Gasteiger partial charge is 0.238 e. The zero-order chi connectivity index (χ0) is 21.0. The average molecular weight is 428 g/mol. The zero-order valence-electron chi connectivity index (χ0n) is 16.2. The summed E-state index contributed by atoms with van der Waals surface area (Å²) in [4.78, 5) is 4.81. The van der Waals surface area contributed by atoms with Crippen molar-refractivity contribution < 1.29 is 8.42 Å². The van der Waals surface area contributed by atoms with Crippen LogP contribution in [0.25, 0.3) is 11.0 Å². The van der Waals surface area contributed by atoms with E-state index in [0.717, 1.165) is 34.0 Å². The zero-order valence-corrected chi connectivity index (χ0v) is 17.8. The lowest BCUT2D eigenvalue weighted by atomic mass is 10.2. The molecule has 1 aromatic heterocycles. The van der Waals surface area contributed by atoms with Crippen molar-refractivity contribution in [2.45, 2.75) is 25.3 Å². The maximum absolute atomic E-state index is 10.6. The third-order valence-corrected chi connectivity index (χ3v) is 5.83. The Hall–Kier alpha value is -2.67. The largest absolute Gasteiger partial charge is 0.324 e. The molecule has 0 atom stereocenters. The number of imidazole rings is 1. The number of nitrogens with zero attached hydrogens (tertiary/aromatic N) is 2. The number of hydrogen-bond donors (Lipinski definition) is 1. The summed E-state index contributed by atoms with van der Waals surface area (Å²) in [5.41, 5.74) is 4.57. The molecule has 5 nitrogen and oxygen atoms in total. The van der Waals surface area contributed by atoms with Crippen LogP contribution in [0.4, 0.5) is 0 Å². The second-order valence-electron chi connectivity index (χ2n) is 6.64. The van der Waals surface area contributed by atoms with Crippen LogP contribution >= 0.6 is 11.6 Å². The number of rotatable bonds is 3. The second kappa shape index (κ2) is 8.78. The second-order valence-corrected chi connectivity index (χ2v) is 8.61. The number of nitrogens with two attached hydrogens (primary N) is 1. The van der Waals surface area contributed by atoms with Gasteiger partial charge in [-0.1, -0.05) is 60.1 Å². The van der Waals surface area contributed by atoms with Gasteiger partial charge in [0.05, 0.1) is 22.5 Å². The Kier molecular flexibility index (Phi) is 6.37. The van der Waals surface area contributed by atoms with Crippen molar-refractivity contribution in [2.75, 3.05) is 0 Å². The predicted molar refractivity (Wildman–Crippen MR) is 118 cm³/mol. The number of fused-ring (bicyclic) bond motifs is 1. The molecule has 0 spiro atoms. The molecule has 0 radical (unpaired) electrons. The highest BCUT2D eigenvalue weighted by Gasteiger charge is 2.10. The summed E-state index contributed by atoms with van der Waals surface area (Å²) < 4.78 is 23.4. The number of halogens is 1. The lowest BCUT2D eigenvalue weighted by Gasteiger charge is -2.08. The van der Waals surface area contributed by atoms with Gasteiger partial charge in [0.25, 0.3) is 0 Å². The van der Waals surface area contributed by atoms with Crippen LogP contribution in [-0.2, 0) is 16.6 Å². The molecule has 0 unspecified atom stereocenters. The first-order valence-corrected chi connectivity index (χ1v) is 10.9. The number of benzene rings is 3. The van der Waals surface area contributed by atoms with Crippen molar-refractivity contribution in [2.24, 2.45) is 5.14 Å². The van der Waals surface area contributed by atoms with Crippen molar-refractivity contribution in [3.05, 3.63) is 94.8 Å². The van der Waals surface area contributed by atoms with E-state index >= 15 is 0 Å². The molecule has 3 aromatic carbocycles. The molecular formula is C22H22ClN3O2S. The van der Waals surface area contributed by atoms with Crippen molar-refractivity contribution in [1.29, 1.82) is 0 Å². The van der Waals surface area contributed by atoms with E-state index in [0.29, 0.717) is 0 Å². The van der Waals surface area contributed by atoms with Crippen LogP contribution in [0.2, 0.25) is 5.02 Å². The van der Waals surface area contributed by atoms with Crippen LogP contribution < -0.4 is 5.14 Å². The van der Waals surface area contributed by atoms with E-state index in [4.69, 9.17) is 16.7 Å². The molecular weight excluding hydrogens is 406 g/mol. The molecule has 1 heterocycles. The number of primary sulfonamides is 1. The molecule has 0 saturated heterocycles. The van der Waals surface area contributed by atoms with Crippen LogP contribution in [0.3, 0.4) is 0 Å². The summed E-state index contributed by atoms with van der Waals surface area (Å²) in [7, 11) is -3.50. The molecule has 7 heteroatoms. The van der Waals surface area contributed by atoms with Gasteiger partial charge < -0.3 is 4.57 Å². The molecule has 0 aliphatic rings. The SMILES string of the molecule is Cc1cccc2c1nc(C)n2Cc1ccccc1Cl.NS(=O)(=O)c1ccccc1. The fraction of sp³-hybridized carbons (Fsp3) is 0.136. The van der Waals surface area contributed by atoms with E-state index in [1.807, 2.05) is 25.1 Å². The van der Waals surface area contributed by atoms with Gasteiger partial charge in [0.2, 0.25) is 10.0 Å². The van der Waals surface area contributed by atoms with Crippen LogP contribution in [0.5, 0.6) is 0 Å². The Bertz CT molecular complexity index is 1240. The maximum Gasteiger partial charge on any atom is 0.238 e. The lowest BCUT2D eigenvalue weighted by Crippen LogP contribution is -2.11. The first kappa shape index (κ1) is 21.0.